The molecular weight excluding hydrogens is 252 g/mol. The van der Waals surface area contributed by atoms with Crippen LogP contribution in [0.2, 0.25) is 0 Å². The lowest BCUT2D eigenvalue weighted by Crippen LogP contribution is -2.26. The van der Waals surface area contributed by atoms with Gasteiger partial charge < -0.3 is 4.74 Å². The first-order valence-corrected chi connectivity index (χ1v) is 5.76. The Labute approximate surface area is 107 Å². The maximum atomic E-state index is 13.1. The third-order valence-electron chi connectivity index (χ3n) is 3.04. The van der Waals surface area contributed by atoms with Gasteiger partial charge in [-0.15, -0.1) is 0 Å². The predicted octanol–water partition coefficient (Wildman–Crippen LogP) is 2.61. The molecule has 2 aromatic rings. The van der Waals surface area contributed by atoms with Crippen LogP contribution < -0.4 is 4.74 Å². The van der Waals surface area contributed by atoms with Gasteiger partial charge in [0.1, 0.15) is 17.5 Å². The van der Waals surface area contributed by atoms with Crippen LogP contribution in [-0.4, -0.2) is 11.0 Å². The van der Waals surface area contributed by atoms with Gasteiger partial charge in [0.05, 0.1) is 5.69 Å². The van der Waals surface area contributed by atoms with E-state index in [1.807, 2.05) is 0 Å². The van der Waals surface area contributed by atoms with Crippen molar-refractivity contribution in [2.75, 3.05) is 0 Å². The van der Waals surface area contributed by atoms with E-state index in [0.717, 1.165) is 0 Å². The van der Waals surface area contributed by atoms with Crippen LogP contribution in [-0.2, 0) is 11.2 Å². The second kappa shape index (κ2) is 4.42. The van der Waals surface area contributed by atoms with E-state index in [0.29, 0.717) is 17.7 Å². The van der Waals surface area contributed by atoms with E-state index in [2.05, 4.69) is 4.98 Å². The fourth-order valence-corrected chi connectivity index (χ4v) is 2.12. The van der Waals surface area contributed by atoms with Crippen molar-refractivity contribution < 1.29 is 18.3 Å². The van der Waals surface area contributed by atoms with Crippen molar-refractivity contribution in [3.8, 4) is 5.75 Å². The van der Waals surface area contributed by atoms with E-state index in [9.17, 15) is 13.6 Å². The summed E-state index contributed by atoms with van der Waals surface area (Å²) in [6, 6.07) is 8.30. The summed E-state index contributed by atoms with van der Waals surface area (Å²) in [6.45, 7) is 0. The molecule has 0 fully saturated rings. The Kier molecular flexibility index (Phi) is 2.74. The minimum atomic E-state index is -0.659. The molecule has 0 N–H and O–H groups in total. The van der Waals surface area contributed by atoms with Crippen LogP contribution in [0.15, 0.2) is 36.4 Å². The molecule has 0 spiro atoms. The number of aromatic nitrogens is 1. The van der Waals surface area contributed by atoms with Crippen LogP contribution in [0.4, 0.5) is 8.78 Å². The van der Waals surface area contributed by atoms with Crippen LogP contribution in [0.1, 0.15) is 17.2 Å². The average Bonchev–Trinajstić information content (AvgIpc) is 2.37. The van der Waals surface area contributed by atoms with Gasteiger partial charge >= 0.3 is 5.97 Å². The highest BCUT2D eigenvalue weighted by Gasteiger charge is 2.31. The molecule has 1 aromatic carbocycles. The molecule has 0 aliphatic carbocycles. The van der Waals surface area contributed by atoms with Gasteiger partial charge in [0.2, 0.25) is 5.95 Å². The van der Waals surface area contributed by atoms with Crippen molar-refractivity contribution in [1.29, 1.82) is 0 Å². The maximum Gasteiger partial charge on any atom is 0.320 e. The second-order valence-electron chi connectivity index (χ2n) is 4.32. The zero-order chi connectivity index (χ0) is 13.4. The molecule has 0 saturated heterocycles. The zero-order valence-electron chi connectivity index (χ0n) is 9.77. The number of fused-ring (bicyclic) bond motifs is 1. The fourth-order valence-electron chi connectivity index (χ4n) is 2.12. The molecule has 1 aliphatic heterocycles. The van der Waals surface area contributed by atoms with Crippen molar-refractivity contribution in [2.45, 2.75) is 12.3 Å². The van der Waals surface area contributed by atoms with E-state index in [1.165, 1.54) is 24.3 Å². The topological polar surface area (TPSA) is 39.2 Å². The van der Waals surface area contributed by atoms with Gasteiger partial charge in [0.15, 0.2) is 0 Å². The molecule has 2 heterocycles. The van der Waals surface area contributed by atoms with Gasteiger partial charge in [-0.05, 0) is 30.2 Å². The first kappa shape index (κ1) is 11.8. The van der Waals surface area contributed by atoms with E-state index in [-0.39, 0.29) is 5.75 Å². The van der Waals surface area contributed by atoms with Crippen LogP contribution in [0, 0.1) is 11.8 Å². The predicted molar refractivity (Wildman–Crippen MR) is 62.7 cm³/mol. The Hall–Kier alpha value is -2.30. The van der Waals surface area contributed by atoms with Gasteiger partial charge in [-0.1, -0.05) is 12.1 Å². The lowest BCUT2D eigenvalue weighted by Gasteiger charge is -2.22. The largest absolute Gasteiger partial charge is 0.426 e. The van der Waals surface area contributed by atoms with E-state index >= 15 is 0 Å². The number of benzene rings is 1. The Bertz CT molecular complexity index is 658. The Balaban J connectivity index is 1.98. The summed E-state index contributed by atoms with van der Waals surface area (Å²) in [5.74, 6) is -2.09. The molecule has 0 amide bonds. The minimum absolute atomic E-state index is 0.220. The van der Waals surface area contributed by atoms with Crippen LogP contribution in [0.3, 0.4) is 0 Å². The summed E-state index contributed by atoms with van der Waals surface area (Å²) in [4.78, 5) is 15.6. The van der Waals surface area contributed by atoms with Gasteiger partial charge in [-0.25, -0.2) is 9.37 Å². The normalized spacial score (nSPS) is 17.8. The molecule has 1 aliphatic rings. The number of rotatable bonds is 1. The molecular formula is C14H9F2NO2. The number of hydrogen-bond acceptors (Lipinski definition) is 3. The highest BCUT2D eigenvalue weighted by Crippen LogP contribution is 2.33. The van der Waals surface area contributed by atoms with Crippen molar-refractivity contribution in [2.24, 2.45) is 0 Å². The van der Waals surface area contributed by atoms with Crippen molar-refractivity contribution >= 4 is 5.97 Å². The van der Waals surface area contributed by atoms with Crippen molar-refractivity contribution in [3.05, 3.63) is 59.4 Å². The third-order valence-corrected chi connectivity index (χ3v) is 3.04. The third kappa shape index (κ3) is 2.19. The number of pyridine rings is 1. The summed E-state index contributed by atoms with van der Waals surface area (Å²) >= 11 is 0. The monoisotopic (exact) mass is 261 g/mol. The van der Waals surface area contributed by atoms with E-state index < -0.39 is 23.7 Å². The minimum Gasteiger partial charge on any atom is -0.426 e. The zero-order valence-corrected chi connectivity index (χ0v) is 9.77. The summed E-state index contributed by atoms with van der Waals surface area (Å²) < 4.78 is 31.2. The quantitative estimate of drug-likeness (QED) is 0.450. The summed E-state index contributed by atoms with van der Waals surface area (Å²) in [7, 11) is 0. The Morgan fingerprint density at radius 2 is 2.05 bits per heavy atom. The molecule has 1 aromatic heterocycles. The second-order valence-corrected chi connectivity index (χ2v) is 4.32. The molecule has 3 nitrogen and oxygen atoms in total. The van der Waals surface area contributed by atoms with Crippen molar-refractivity contribution in [1.82, 2.24) is 4.98 Å². The molecule has 1 atom stereocenters. The maximum absolute atomic E-state index is 13.1. The number of carbonyl (C=O) groups is 1. The standard InChI is InChI=1S/C14H9F2NO2/c15-9-5-4-8-6-10(14(18)19-12(8)7-9)11-2-1-3-13(16)17-11/h1-5,7,10H,6H2. The molecule has 96 valence electrons. The first-order valence-electron chi connectivity index (χ1n) is 5.76. The fraction of sp³-hybridized carbons (Fsp3) is 0.143. The summed E-state index contributed by atoms with van der Waals surface area (Å²) in [6.07, 6.45) is 0.324. The van der Waals surface area contributed by atoms with Gasteiger partial charge in [0, 0.05) is 6.07 Å². The number of nitrogens with zero attached hydrogens (tertiary/aromatic N) is 1. The molecule has 1 unspecified atom stereocenters. The highest BCUT2D eigenvalue weighted by molar-refractivity contribution is 5.82. The van der Waals surface area contributed by atoms with E-state index in [4.69, 9.17) is 4.74 Å². The lowest BCUT2D eigenvalue weighted by molar-refractivity contribution is -0.137. The highest BCUT2D eigenvalue weighted by atomic mass is 19.1. The number of ether oxygens (including phenoxy) is 1. The summed E-state index contributed by atoms with van der Waals surface area (Å²) in [5.41, 5.74) is 1.03. The molecule has 0 bridgehead atoms. The van der Waals surface area contributed by atoms with Crippen LogP contribution >= 0.6 is 0 Å². The lowest BCUT2D eigenvalue weighted by atomic mass is 9.93. The van der Waals surface area contributed by atoms with E-state index in [1.54, 1.807) is 12.1 Å². The first-order chi connectivity index (χ1) is 9.13. The van der Waals surface area contributed by atoms with Crippen molar-refractivity contribution in [3.63, 3.8) is 0 Å². The number of esters is 1. The van der Waals surface area contributed by atoms with Gasteiger partial charge in [-0.3, -0.25) is 4.79 Å². The Morgan fingerprint density at radius 1 is 1.21 bits per heavy atom. The number of carbonyl (C=O) groups excluding carboxylic acids is 1. The molecule has 0 radical (unpaired) electrons. The van der Waals surface area contributed by atoms with Gasteiger partial charge in [0.25, 0.3) is 0 Å². The van der Waals surface area contributed by atoms with Gasteiger partial charge in [-0.2, -0.15) is 4.39 Å². The molecule has 5 heteroatoms. The molecule has 3 rings (SSSR count). The number of hydrogen-bond donors (Lipinski definition) is 0. The SMILES string of the molecule is O=C1Oc2cc(F)ccc2CC1c1cccc(F)n1. The Morgan fingerprint density at radius 3 is 2.84 bits per heavy atom. The van der Waals surface area contributed by atoms with Crippen LogP contribution in [0.25, 0.3) is 0 Å². The number of halogens is 2. The molecule has 0 saturated carbocycles. The summed E-state index contributed by atoms with van der Waals surface area (Å²) in [5, 5.41) is 0. The van der Waals surface area contributed by atoms with Crippen LogP contribution in [0.5, 0.6) is 5.75 Å². The average molecular weight is 261 g/mol. The molecule has 19 heavy (non-hydrogen) atoms. The smallest absolute Gasteiger partial charge is 0.320 e.